The number of hydrogen-bond acceptors (Lipinski definition) is 3. The Morgan fingerprint density at radius 3 is 2.86 bits per heavy atom. The van der Waals surface area contributed by atoms with Crippen LogP contribution in [0.5, 0.6) is 0 Å². The van der Waals surface area contributed by atoms with Crippen LogP contribution < -0.4 is 5.73 Å². The van der Waals surface area contributed by atoms with E-state index in [0.717, 1.165) is 16.6 Å². The first-order valence-electron chi connectivity index (χ1n) is 4.74. The normalized spacial score (nSPS) is 11.4. The first kappa shape index (κ1) is 9.15. The van der Waals surface area contributed by atoms with Crippen LogP contribution >= 0.6 is 0 Å². The van der Waals surface area contributed by atoms with Gasteiger partial charge in [0.05, 0.1) is 6.20 Å². The lowest BCUT2D eigenvalue weighted by Gasteiger charge is -2.05. The van der Waals surface area contributed by atoms with Gasteiger partial charge in [-0.05, 0) is 25.5 Å². The second kappa shape index (κ2) is 3.38. The molecule has 0 spiro atoms. The van der Waals surface area contributed by atoms with E-state index < -0.39 is 0 Å². The molecule has 2 aromatic heterocycles. The van der Waals surface area contributed by atoms with E-state index in [2.05, 4.69) is 23.9 Å². The van der Waals surface area contributed by atoms with Crippen LogP contribution in [0.2, 0.25) is 0 Å². The molecule has 0 saturated heterocycles. The van der Waals surface area contributed by atoms with Gasteiger partial charge in [0, 0.05) is 24.2 Å². The Balaban J connectivity index is 2.59. The first-order valence-corrected chi connectivity index (χ1v) is 4.74. The molecule has 0 aliphatic heterocycles. The molecule has 2 rings (SSSR count). The van der Waals surface area contributed by atoms with Crippen molar-refractivity contribution in [2.45, 2.75) is 26.4 Å². The van der Waals surface area contributed by atoms with Crippen LogP contribution in [0.3, 0.4) is 0 Å². The lowest BCUT2D eigenvalue weighted by molar-refractivity contribution is 0.546. The van der Waals surface area contributed by atoms with Gasteiger partial charge < -0.3 is 5.73 Å². The molecule has 2 N–H and O–H groups in total. The molecule has 0 fully saturated rings. The van der Waals surface area contributed by atoms with E-state index in [9.17, 15) is 0 Å². The van der Waals surface area contributed by atoms with Crippen LogP contribution in [0.15, 0.2) is 18.5 Å². The smallest absolute Gasteiger partial charge is 0.157 e. The Kier molecular flexibility index (Phi) is 2.21. The zero-order valence-corrected chi connectivity index (χ0v) is 8.44. The van der Waals surface area contributed by atoms with Crippen molar-refractivity contribution in [1.82, 2.24) is 14.8 Å². The minimum absolute atomic E-state index is 0.337. The van der Waals surface area contributed by atoms with Crippen molar-refractivity contribution >= 4 is 11.0 Å². The van der Waals surface area contributed by atoms with Gasteiger partial charge in [0.2, 0.25) is 0 Å². The summed E-state index contributed by atoms with van der Waals surface area (Å²) in [6, 6.07) is 2.37. The number of pyridine rings is 1. The number of hydrogen-bond donors (Lipinski definition) is 1. The molecule has 2 heterocycles. The number of aromatic nitrogens is 3. The molecule has 0 aromatic carbocycles. The highest BCUT2D eigenvalue weighted by Crippen LogP contribution is 2.16. The van der Waals surface area contributed by atoms with Crippen molar-refractivity contribution < 1.29 is 0 Å². The van der Waals surface area contributed by atoms with Crippen molar-refractivity contribution in [3.63, 3.8) is 0 Å². The molecular weight excluding hydrogens is 176 g/mol. The minimum atomic E-state index is 0.337. The highest BCUT2D eigenvalue weighted by molar-refractivity contribution is 5.75. The average molecular weight is 190 g/mol. The lowest BCUT2D eigenvalue weighted by atomic mass is 10.2. The van der Waals surface area contributed by atoms with Gasteiger partial charge in [0.15, 0.2) is 5.65 Å². The van der Waals surface area contributed by atoms with Crippen molar-refractivity contribution in [2.24, 2.45) is 5.73 Å². The Hall–Kier alpha value is -1.42. The standard InChI is InChI=1S/C10H14N4/c1-7(2)14-10-9(6-13-14)3-8(4-11)5-12-10/h3,5-7H,4,11H2,1-2H3. The summed E-state index contributed by atoms with van der Waals surface area (Å²) >= 11 is 0. The summed E-state index contributed by atoms with van der Waals surface area (Å²) in [6.45, 7) is 4.70. The molecule has 0 aliphatic carbocycles. The fourth-order valence-electron chi connectivity index (χ4n) is 1.48. The van der Waals surface area contributed by atoms with E-state index in [1.807, 2.05) is 23.1 Å². The molecule has 14 heavy (non-hydrogen) atoms. The topological polar surface area (TPSA) is 56.7 Å². The highest BCUT2D eigenvalue weighted by Gasteiger charge is 2.06. The lowest BCUT2D eigenvalue weighted by Crippen LogP contribution is -2.03. The number of rotatable bonds is 2. The Morgan fingerprint density at radius 1 is 1.43 bits per heavy atom. The SMILES string of the molecule is CC(C)n1ncc2cc(CN)cnc21. The van der Waals surface area contributed by atoms with Crippen LogP contribution in [0, 0.1) is 0 Å². The number of nitrogens with two attached hydrogens (primary N) is 1. The molecule has 74 valence electrons. The minimum Gasteiger partial charge on any atom is -0.326 e. The third kappa shape index (κ3) is 1.37. The van der Waals surface area contributed by atoms with E-state index in [-0.39, 0.29) is 0 Å². The third-order valence-electron chi connectivity index (χ3n) is 2.21. The summed E-state index contributed by atoms with van der Waals surface area (Å²) in [7, 11) is 0. The fourth-order valence-corrected chi connectivity index (χ4v) is 1.48. The molecule has 4 heteroatoms. The van der Waals surface area contributed by atoms with E-state index in [0.29, 0.717) is 12.6 Å². The predicted octanol–water partition coefficient (Wildman–Crippen LogP) is 1.47. The van der Waals surface area contributed by atoms with E-state index in [4.69, 9.17) is 5.73 Å². The maximum absolute atomic E-state index is 5.54. The quantitative estimate of drug-likeness (QED) is 0.780. The number of fused-ring (bicyclic) bond motifs is 1. The molecule has 0 amide bonds. The fraction of sp³-hybridized carbons (Fsp3) is 0.400. The van der Waals surface area contributed by atoms with Gasteiger partial charge in [-0.25, -0.2) is 9.67 Å². The molecule has 0 atom stereocenters. The van der Waals surface area contributed by atoms with E-state index in [1.165, 1.54) is 0 Å². The first-order chi connectivity index (χ1) is 6.72. The van der Waals surface area contributed by atoms with Crippen molar-refractivity contribution in [1.29, 1.82) is 0 Å². The van der Waals surface area contributed by atoms with Crippen molar-refractivity contribution in [3.8, 4) is 0 Å². The van der Waals surface area contributed by atoms with Crippen LogP contribution in [0.1, 0.15) is 25.5 Å². The molecule has 2 aromatic rings. The second-order valence-electron chi connectivity index (χ2n) is 3.64. The summed E-state index contributed by atoms with van der Waals surface area (Å²) in [4.78, 5) is 4.35. The Morgan fingerprint density at radius 2 is 2.21 bits per heavy atom. The van der Waals surface area contributed by atoms with Crippen LogP contribution in [-0.2, 0) is 6.54 Å². The van der Waals surface area contributed by atoms with Crippen LogP contribution in [0.4, 0.5) is 0 Å². The summed E-state index contributed by atoms with van der Waals surface area (Å²) < 4.78 is 1.91. The monoisotopic (exact) mass is 190 g/mol. The number of nitrogens with zero attached hydrogens (tertiary/aromatic N) is 3. The van der Waals surface area contributed by atoms with Gasteiger partial charge in [-0.1, -0.05) is 0 Å². The Bertz CT molecular complexity index is 444. The van der Waals surface area contributed by atoms with Gasteiger partial charge in [-0.3, -0.25) is 0 Å². The summed E-state index contributed by atoms with van der Waals surface area (Å²) in [6.07, 6.45) is 3.64. The van der Waals surface area contributed by atoms with E-state index >= 15 is 0 Å². The van der Waals surface area contributed by atoms with Crippen LogP contribution in [0.25, 0.3) is 11.0 Å². The summed E-state index contributed by atoms with van der Waals surface area (Å²) in [5.41, 5.74) is 7.51. The molecule has 4 nitrogen and oxygen atoms in total. The van der Waals surface area contributed by atoms with Gasteiger partial charge in [0.25, 0.3) is 0 Å². The molecule has 0 saturated carbocycles. The zero-order valence-electron chi connectivity index (χ0n) is 8.44. The maximum Gasteiger partial charge on any atom is 0.157 e. The third-order valence-corrected chi connectivity index (χ3v) is 2.21. The molecule has 0 aliphatic rings. The van der Waals surface area contributed by atoms with Gasteiger partial charge in [-0.15, -0.1) is 0 Å². The van der Waals surface area contributed by atoms with E-state index in [1.54, 1.807) is 0 Å². The molecule has 0 unspecified atom stereocenters. The molecular formula is C10H14N4. The van der Waals surface area contributed by atoms with Crippen molar-refractivity contribution in [2.75, 3.05) is 0 Å². The molecule has 0 radical (unpaired) electrons. The van der Waals surface area contributed by atoms with Crippen molar-refractivity contribution in [3.05, 3.63) is 24.0 Å². The predicted molar refractivity (Wildman–Crippen MR) is 55.8 cm³/mol. The maximum atomic E-state index is 5.54. The summed E-state index contributed by atoms with van der Waals surface area (Å²) in [5.74, 6) is 0. The van der Waals surface area contributed by atoms with Gasteiger partial charge in [0.1, 0.15) is 0 Å². The summed E-state index contributed by atoms with van der Waals surface area (Å²) in [5, 5.41) is 5.34. The van der Waals surface area contributed by atoms with Gasteiger partial charge >= 0.3 is 0 Å². The highest BCUT2D eigenvalue weighted by atomic mass is 15.3. The second-order valence-corrected chi connectivity index (χ2v) is 3.64. The largest absolute Gasteiger partial charge is 0.326 e. The average Bonchev–Trinajstić information content (AvgIpc) is 2.59. The molecule has 0 bridgehead atoms. The van der Waals surface area contributed by atoms with Crippen LogP contribution in [-0.4, -0.2) is 14.8 Å². The zero-order chi connectivity index (χ0) is 10.1. The Labute approximate surface area is 82.7 Å². The van der Waals surface area contributed by atoms with Gasteiger partial charge in [-0.2, -0.15) is 5.10 Å².